The summed E-state index contributed by atoms with van der Waals surface area (Å²) in [6.45, 7) is 2.84. The lowest BCUT2D eigenvalue weighted by molar-refractivity contribution is -0.123. The van der Waals surface area contributed by atoms with Gasteiger partial charge in [-0.05, 0) is 68.4 Å². The maximum Gasteiger partial charge on any atom is 0.255 e. The Hall–Kier alpha value is -3.72. The molecular formula is C25H28FN5O3. The first-order valence-corrected chi connectivity index (χ1v) is 11.2. The molecule has 178 valence electrons. The minimum Gasteiger partial charge on any atom is -0.492 e. The summed E-state index contributed by atoms with van der Waals surface area (Å²) >= 11 is 0. The molecular weight excluding hydrogens is 437 g/mol. The zero-order chi connectivity index (χ0) is 24.1. The molecule has 0 radical (unpaired) electrons. The van der Waals surface area contributed by atoms with Crippen LogP contribution in [0.2, 0.25) is 0 Å². The molecule has 1 saturated heterocycles. The average Bonchev–Trinajstić information content (AvgIpc) is 3.25. The number of halogens is 1. The molecule has 3 N–H and O–H groups in total. The number of piperidine rings is 1. The second-order valence-electron chi connectivity index (χ2n) is 8.38. The lowest BCUT2D eigenvalue weighted by Crippen LogP contribution is -2.40. The summed E-state index contributed by atoms with van der Waals surface area (Å²) in [4.78, 5) is 26.2. The van der Waals surface area contributed by atoms with Crippen LogP contribution in [0.25, 0.3) is 11.3 Å². The Morgan fingerprint density at radius 3 is 2.65 bits per heavy atom. The van der Waals surface area contributed by atoms with Crippen LogP contribution in [0, 0.1) is 11.7 Å². The van der Waals surface area contributed by atoms with Crippen LogP contribution in [0.5, 0.6) is 5.75 Å². The average molecular weight is 466 g/mol. The van der Waals surface area contributed by atoms with E-state index in [1.165, 1.54) is 18.2 Å². The standard InChI is InChI=1S/C25H28FN5O3/c1-30-22(7-10-28-30)21-16-20(29-25(33)18-3-2-4-19(26)15-18)5-6-23(21)34-14-13-31-11-8-17(9-12-31)24(27)32/h2-7,10,15-17H,8-9,11-14H2,1H3,(H2,27,32)(H,29,33). The lowest BCUT2D eigenvalue weighted by atomic mass is 9.96. The summed E-state index contributed by atoms with van der Waals surface area (Å²) < 4.78 is 21.3. The van der Waals surface area contributed by atoms with Crippen LogP contribution in [0.15, 0.2) is 54.7 Å². The molecule has 2 amide bonds. The Morgan fingerprint density at radius 2 is 1.97 bits per heavy atom. The molecule has 0 atom stereocenters. The van der Waals surface area contributed by atoms with E-state index in [2.05, 4.69) is 15.3 Å². The smallest absolute Gasteiger partial charge is 0.255 e. The number of aryl methyl sites for hydroxylation is 1. The molecule has 1 aliphatic heterocycles. The zero-order valence-corrected chi connectivity index (χ0v) is 19.0. The molecule has 1 aliphatic rings. The van der Waals surface area contributed by atoms with Gasteiger partial charge in [-0.3, -0.25) is 19.2 Å². The maximum atomic E-state index is 13.5. The van der Waals surface area contributed by atoms with Crippen LogP contribution in [-0.4, -0.2) is 52.7 Å². The van der Waals surface area contributed by atoms with Crippen molar-refractivity contribution in [2.45, 2.75) is 12.8 Å². The fraction of sp³-hybridized carbons (Fsp3) is 0.320. The van der Waals surface area contributed by atoms with Gasteiger partial charge in [0.05, 0.1) is 5.69 Å². The Morgan fingerprint density at radius 1 is 1.18 bits per heavy atom. The van der Waals surface area contributed by atoms with Crippen molar-refractivity contribution in [3.05, 3.63) is 66.1 Å². The van der Waals surface area contributed by atoms with Gasteiger partial charge in [-0.1, -0.05) is 6.07 Å². The number of nitrogens with one attached hydrogen (secondary N) is 1. The quantitative estimate of drug-likeness (QED) is 0.532. The fourth-order valence-electron chi connectivity index (χ4n) is 4.13. The largest absolute Gasteiger partial charge is 0.492 e. The van der Waals surface area contributed by atoms with Crippen molar-refractivity contribution >= 4 is 17.5 Å². The monoisotopic (exact) mass is 465 g/mol. The van der Waals surface area contributed by atoms with Gasteiger partial charge in [0.1, 0.15) is 18.2 Å². The third-order valence-electron chi connectivity index (χ3n) is 6.08. The number of anilines is 1. The van der Waals surface area contributed by atoms with E-state index in [0.717, 1.165) is 43.7 Å². The first kappa shape index (κ1) is 23.4. The van der Waals surface area contributed by atoms with Crippen molar-refractivity contribution in [1.29, 1.82) is 0 Å². The molecule has 3 aromatic rings. The van der Waals surface area contributed by atoms with Gasteiger partial charge >= 0.3 is 0 Å². The van der Waals surface area contributed by atoms with Gasteiger partial charge in [0, 0.05) is 42.5 Å². The minimum absolute atomic E-state index is 0.0382. The zero-order valence-electron chi connectivity index (χ0n) is 19.0. The number of hydrogen-bond acceptors (Lipinski definition) is 5. The van der Waals surface area contributed by atoms with E-state index >= 15 is 0 Å². The number of carbonyl (C=O) groups is 2. The van der Waals surface area contributed by atoms with E-state index in [1.54, 1.807) is 23.0 Å². The third kappa shape index (κ3) is 5.60. The summed E-state index contributed by atoms with van der Waals surface area (Å²) in [7, 11) is 1.83. The molecule has 0 saturated carbocycles. The number of rotatable bonds is 8. The van der Waals surface area contributed by atoms with E-state index < -0.39 is 11.7 Å². The molecule has 9 heteroatoms. The number of aromatic nitrogens is 2. The number of carbonyl (C=O) groups excluding carboxylic acids is 2. The summed E-state index contributed by atoms with van der Waals surface area (Å²) in [5, 5.41) is 7.06. The van der Waals surface area contributed by atoms with Gasteiger partial charge in [0.25, 0.3) is 5.91 Å². The number of benzene rings is 2. The number of primary amides is 1. The van der Waals surface area contributed by atoms with Crippen LogP contribution in [0.4, 0.5) is 10.1 Å². The highest BCUT2D eigenvalue weighted by atomic mass is 19.1. The number of hydrogen-bond donors (Lipinski definition) is 2. The van der Waals surface area contributed by atoms with Crippen molar-refractivity contribution in [2.24, 2.45) is 18.7 Å². The van der Waals surface area contributed by atoms with Crippen molar-refractivity contribution < 1.29 is 18.7 Å². The van der Waals surface area contributed by atoms with Gasteiger partial charge in [-0.15, -0.1) is 0 Å². The predicted octanol–water partition coefficient (Wildman–Crippen LogP) is 3.05. The van der Waals surface area contributed by atoms with E-state index in [0.29, 0.717) is 18.0 Å². The van der Waals surface area contributed by atoms with Gasteiger partial charge in [-0.25, -0.2) is 4.39 Å². The highest BCUT2D eigenvalue weighted by molar-refractivity contribution is 6.04. The predicted molar refractivity (Wildman–Crippen MR) is 127 cm³/mol. The van der Waals surface area contributed by atoms with Gasteiger partial charge in [-0.2, -0.15) is 5.10 Å². The molecule has 4 rings (SSSR count). The van der Waals surface area contributed by atoms with Crippen molar-refractivity contribution in [3.63, 3.8) is 0 Å². The fourth-order valence-corrected chi connectivity index (χ4v) is 4.13. The van der Waals surface area contributed by atoms with Crippen LogP contribution < -0.4 is 15.8 Å². The van der Waals surface area contributed by atoms with Crippen molar-refractivity contribution in [2.75, 3.05) is 31.6 Å². The van der Waals surface area contributed by atoms with Crippen LogP contribution >= 0.6 is 0 Å². The lowest BCUT2D eigenvalue weighted by Gasteiger charge is -2.30. The number of likely N-dealkylation sites (tertiary alicyclic amines) is 1. The maximum absolute atomic E-state index is 13.5. The minimum atomic E-state index is -0.467. The SMILES string of the molecule is Cn1nccc1-c1cc(NC(=O)c2cccc(F)c2)ccc1OCCN1CCC(C(N)=O)CC1. The van der Waals surface area contributed by atoms with E-state index in [9.17, 15) is 14.0 Å². The number of nitrogens with zero attached hydrogens (tertiary/aromatic N) is 3. The highest BCUT2D eigenvalue weighted by Gasteiger charge is 2.23. The molecule has 2 heterocycles. The Balaban J connectivity index is 1.45. The van der Waals surface area contributed by atoms with Crippen molar-refractivity contribution in [1.82, 2.24) is 14.7 Å². The number of amides is 2. The topological polar surface area (TPSA) is 102 Å². The second kappa shape index (κ2) is 10.5. The van der Waals surface area contributed by atoms with E-state index in [4.69, 9.17) is 10.5 Å². The summed E-state index contributed by atoms with van der Waals surface area (Å²) in [6.07, 6.45) is 3.24. The third-order valence-corrected chi connectivity index (χ3v) is 6.08. The molecule has 0 spiro atoms. The van der Waals surface area contributed by atoms with E-state index in [-0.39, 0.29) is 17.4 Å². The number of nitrogens with two attached hydrogens (primary N) is 1. The van der Waals surface area contributed by atoms with E-state index in [1.807, 2.05) is 25.2 Å². The second-order valence-corrected chi connectivity index (χ2v) is 8.38. The molecule has 0 bridgehead atoms. The molecule has 2 aromatic carbocycles. The molecule has 1 fully saturated rings. The van der Waals surface area contributed by atoms with Crippen LogP contribution in [0.3, 0.4) is 0 Å². The summed E-state index contributed by atoms with van der Waals surface area (Å²) in [5.74, 6) is -0.460. The molecule has 1 aromatic heterocycles. The normalized spacial score (nSPS) is 14.6. The van der Waals surface area contributed by atoms with Gasteiger partial charge in [0.15, 0.2) is 0 Å². The Bertz CT molecular complexity index is 1170. The number of ether oxygens (including phenoxy) is 1. The molecule has 0 aliphatic carbocycles. The molecule has 0 unspecified atom stereocenters. The van der Waals surface area contributed by atoms with Crippen LogP contribution in [0.1, 0.15) is 23.2 Å². The summed E-state index contributed by atoms with van der Waals surface area (Å²) in [6, 6.07) is 12.8. The van der Waals surface area contributed by atoms with Crippen molar-refractivity contribution in [3.8, 4) is 17.0 Å². The summed E-state index contributed by atoms with van der Waals surface area (Å²) in [5.41, 5.74) is 7.83. The highest BCUT2D eigenvalue weighted by Crippen LogP contribution is 2.32. The van der Waals surface area contributed by atoms with Gasteiger partial charge < -0.3 is 15.8 Å². The first-order chi connectivity index (χ1) is 16.4. The Labute approximate surface area is 197 Å². The first-order valence-electron chi connectivity index (χ1n) is 11.2. The molecule has 8 nitrogen and oxygen atoms in total. The van der Waals surface area contributed by atoms with Gasteiger partial charge in [0.2, 0.25) is 5.91 Å². The van der Waals surface area contributed by atoms with Crippen LogP contribution in [-0.2, 0) is 11.8 Å². The molecule has 34 heavy (non-hydrogen) atoms. The Kier molecular flexibility index (Phi) is 7.22.